The monoisotopic (exact) mass is 292 g/mol. The fourth-order valence-corrected chi connectivity index (χ4v) is 1.93. The standard InChI is InChI=1S/C12H12N4O5/c13-7-5-6(1-3-9(7)16(20)21)11(18)14-8-2-4-10(17)15-12(8)19/h1,3,5,8H,2,4,13H2,(H,14,18)(H,15,17,19). The zero-order valence-electron chi connectivity index (χ0n) is 10.8. The molecule has 1 saturated heterocycles. The molecule has 0 saturated carbocycles. The third-order valence-electron chi connectivity index (χ3n) is 3.03. The zero-order chi connectivity index (χ0) is 15.6. The van der Waals surface area contributed by atoms with E-state index in [0.29, 0.717) is 0 Å². The van der Waals surface area contributed by atoms with Crippen LogP contribution in [0.1, 0.15) is 23.2 Å². The first-order valence-electron chi connectivity index (χ1n) is 6.07. The Morgan fingerprint density at radius 3 is 2.71 bits per heavy atom. The lowest BCUT2D eigenvalue weighted by molar-refractivity contribution is -0.383. The van der Waals surface area contributed by atoms with Crippen LogP contribution in [0.4, 0.5) is 11.4 Å². The Kier molecular flexibility index (Phi) is 3.83. The van der Waals surface area contributed by atoms with Crippen LogP contribution in [0.3, 0.4) is 0 Å². The van der Waals surface area contributed by atoms with Crippen molar-refractivity contribution in [2.75, 3.05) is 5.73 Å². The van der Waals surface area contributed by atoms with Gasteiger partial charge in [0.15, 0.2) is 0 Å². The molecule has 1 aliphatic heterocycles. The maximum absolute atomic E-state index is 12.0. The summed E-state index contributed by atoms with van der Waals surface area (Å²) in [4.78, 5) is 44.5. The molecule has 4 N–H and O–H groups in total. The van der Waals surface area contributed by atoms with Crippen LogP contribution < -0.4 is 16.4 Å². The number of hydrogen-bond acceptors (Lipinski definition) is 6. The van der Waals surface area contributed by atoms with Crippen LogP contribution in [0.25, 0.3) is 0 Å². The van der Waals surface area contributed by atoms with E-state index in [1.165, 1.54) is 12.1 Å². The van der Waals surface area contributed by atoms with Crippen molar-refractivity contribution in [1.82, 2.24) is 10.6 Å². The lowest BCUT2D eigenvalue weighted by Gasteiger charge is -2.21. The largest absolute Gasteiger partial charge is 0.393 e. The number of amides is 3. The van der Waals surface area contributed by atoms with Gasteiger partial charge in [0.25, 0.3) is 11.6 Å². The number of hydrogen-bond donors (Lipinski definition) is 3. The Morgan fingerprint density at radius 1 is 1.43 bits per heavy atom. The van der Waals surface area contributed by atoms with Gasteiger partial charge in [0, 0.05) is 18.1 Å². The van der Waals surface area contributed by atoms with Crippen molar-refractivity contribution in [3.05, 3.63) is 33.9 Å². The highest BCUT2D eigenvalue weighted by molar-refractivity contribution is 6.04. The topological polar surface area (TPSA) is 144 Å². The summed E-state index contributed by atoms with van der Waals surface area (Å²) in [6.07, 6.45) is 0.345. The molecule has 110 valence electrons. The number of nitrogen functional groups attached to an aromatic ring is 1. The molecule has 1 aliphatic rings. The molecule has 0 bridgehead atoms. The van der Waals surface area contributed by atoms with Gasteiger partial charge in [-0.2, -0.15) is 0 Å². The Labute approximate surface area is 118 Å². The molecule has 1 unspecified atom stereocenters. The first kappa shape index (κ1) is 14.4. The molecule has 9 heteroatoms. The lowest BCUT2D eigenvalue weighted by Crippen LogP contribution is -2.52. The van der Waals surface area contributed by atoms with Crippen molar-refractivity contribution in [3.8, 4) is 0 Å². The van der Waals surface area contributed by atoms with E-state index in [1.54, 1.807) is 0 Å². The highest BCUT2D eigenvalue weighted by Crippen LogP contribution is 2.22. The number of nitro groups is 1. The third kappa shape index (κ3) is 3.14. The lowest BCUT2D eigenvalue weighted by atomic mass is 10.1. The number of piperidine rings is 1. The molecular formula is C12H12N4O5. The Bertz CT molecular complexity index is 643. The summed E-state index contributed by atoms with van der Waals surface area (Å²) >= 11 is 0. The number of carbonyl (C=O) groups is 3. The van der Waals surface area contributed by atoms with Gasteiger partial charge in [-0.25, -0.2) is 0 Å². The molecule has 1 heterocycles. The van der Waals surface area contributed by atoms with Crippen molar-refractivity contribution in [1.29, 1.82) is 0 Å². The van der Waals surface area contributed by atoms with Gasteiger partial charge in [-0.3, -0.25) is 29.8 Å². The minimum atomic E-state index is -0.813. The zero-order valence-corrected chi connectivity index (χ0v) is 10.8. The minimum absolute atomic E-state index is 0.0998. The molecule has 1 atom stereocenters. The van der Waals surface area contributed by atoms with Crippen molar-refractivity contribution in [2.24, 2.45) is 0 Å². The Morgan fingerprint density at radius 2 is 2.14 bits per heavy atom. The summed E-state index contributed by atoms with van der Waals surface area (Å²) in [6, 6.07) is 2.72. The van der Waals surface area contributed by atoms with E-state index in [2.05, 4.69) is 10.6 Å². The fraction of sp³-hybridized carbons (Fsp3) is 0.250. The van der Waals surface area contributed by atoms with Crippen LogP contribution in [0.15, 0.2) is 18.2 Å². The molecule has 1 fully saturated rings. The maximum atomic E-state index is 12.0. The molecule has 0 aliphatic carbocycles. The number of nitrogens with zero attached hydrogens (tertiary/aromatic N) is 1. The van der Waals surface area contributed by atoms with Crippen molar-refractivity contribution in [3.63, 3.8) is 0 Å². The van der Waals surface area contributed by atoms with Gasteiger partial charge in [0.1, 0.15) is 11.7 Å². The highest BCUT2D eigenvalue weighted by Gasteiger charge is 2.28. The van der Waals surface area contributed by atoms with Gasteiger partial charge < -0.3 is 11.1 Å². The normalized spacial score (nSPS) is 18.0. The number of rotatable bonds is 3. The highest BCUT2D eigenvalue weighted by atomic mass is 16.6. The van der Waals surface area contributed by atoms with Crippen molar-refractivity contribution >= 4 is 29.1 Å². The molecule has 9 nitrogen and oxygen atoms in total. The van der Waals surface area contributed by atoms with E-state index in [9.17, 15) is 24.5 Å². The maximum Gasteiger partial charge on any atom is 0.292 e. The van der Waals surface area contributed by atoms with E-state index >= 15 is 0 Å². The number of anilines is 1. The van der Waals surface area contributed by atoms with E-state index in [4.69, 9.17) is 5.73 Å². The molecule has 1 aromatic carbocycles. The molecule has 1 aromatic rings. The SMILES string of the molecule is Nc1cc(C(=O)NC2CCC(=O)NC2=O)ccc1[N+](=O)[O-]. The molecule has 0 spiro atoms. The number of imide groups is 1. The Hall–Kier alpha value is -2.97. The number of nitrogens with two attached hydrogens (primary N) is 1. The van der Waals surface area contributed by atoms with Crippen LogP contribution in [-0.4, -0.2) is 28.7 Å². The number of nitro benzene ring substituents is 1. The average molecular weight is 292 g/mol. The van der Waals surface area contributed by atoms with E-state index in [-0.39, 0.29) is 35.7 Å². The molecule has 2 rings (SSSR count). The Balaban J connectivity index is 2.10. The van der Waals surface area contributed by atoms with Crippen LogP contribution in [0, 0.1) is 10.1 Å². The third-order valence-corrected chi connectivity index (χ3v) is 3.03. The minimum Gasteiger partial charge on any atom is -0.393 e. The second kappa shape index (κ2) is 5.57. The van der Waals surface area contributed by atoms with Crippen LogP contribution in [0.2, 0.25) is 0 Å². The quantitative estimate of drug-likeness (QED) is 0.302. The second-order valence-electron chi connectivity index (χ2n) is 4.51. The summed E-state index contributed by atoms with van der Waals surface area (Å²) < 4.78 is 0. The predicted octanol–water partition coefficient (Wildman–Crippen LogP) is -0.288. The van der Waals surface area contributed by atoms with Crippen molar-refractivity contribution < 1.29 is 19.3 Å². The van der Waals surface area contributed by atoms with E-state index in [0.717, 1.165) is 6.07 Å². The summed E-state index contributed by atoms with van der Waals surface area (Å²) in [5, 5.41) is 15.2. The van der Waals surface area contributed by atoms with Gasteiger partial charge in [0.05, 0.1) is 4.92 Å². The smallest absolute Gasteiger partial charge is 0.292 e. The molecule has 3 amide bonds. The predicted molar refractivity (Wildman–Crippen MR) is 71.1 cm³/mol. The average Bonchev–Trinajstić information content (AvgIpc) is 2.41. The van der Waals surface area contributed by atoms with Gasteiger partial charge in [-0.1, -0.05) is 0 Å². The van der Waals surface area contributed by atoms with Gasteiger partial charge in [0.2, 0.25) is 11.8 Å². The van der Waals surface area contributed by atoms with Crippen LogP contribution in [-0.2, 0) is 9.59 Å². The van der Waals surface area contributed by atoms with E-state index < -0.39 is 22.8 Å². The second-order valence-corrected chi connectivity index (χ2v) is 4.51. The summed E-state index contributed by atoms with van der Waals surface area (Å²) in [5.74, 6) is -1.55. The van der Waals surface area contributed by atoms with Crippen molar-refractivity contribution in [2.45, 2.75) is 18.9 Å². The first-order chi connectivity index (χ1) is 9.88. The molecule has 0 radical (unpaired) electrons. The number of nitrogens with one attached hydrogen (secondary N) is 2. The van der Waals surface area contributed by atoms with Gasteiger partial charge >= 0.3 is 0 Å². The molecule has 21 heavy (non-hydrogen) atoms. The fourth-order valence-electron chi connectivity index (χ4n) is 1.93. The summed E-state index contributed by atoms with van der Waals surface area (Å²) in [5.41, 5.74) is 5.15. The van der Waals surface area contributed by atoms with E-state index in [1.807, 2.05) is 0 Å². The van der Waals surface area contributed by atoms with Gasteiger partial charge in [-0.15, -0.1) is 0 Å². The van der Waals surface area contributed by atoms with Gasteiger partial charge in [-0.05, 0) is 18.6 Å². The number of benzene rings is 1. The number of carbonyl (C=O) groups excluding carboxylic acids is 3. The molecule has 0 aromatic heterocycles. The first-order valence-corrected chi connectivity index (χ1v) is 6.07. The summed E-state index contributed by atoms with van der Waals surface area (Å²) in [7, 11) is 0. The molecular weight excluding hydrogens is 280 g/mol. The summed E-state index contributed by atoms with van der Waals surface area (Å²) in [6.45, 7) is 0. The van der Waals surface area contributed by atoms with Crippen LogP contribution in [0.5, 0.6) is 0 Å². The van der Waals surface area contributed by atoms with Crippen LogP contribution >= 0.6 is 0 Å².